The Hall–Kier alpha value is -0.500. The molecule has 0 rings (SSSR count). The van der Waals surface area contributed by atoms with E-state index in [9.17, 15) is 14.5 Å². The van der Waals surface area contributed by atoms with Gasteiger partial charge < -0.3 is 14.7 Å². The predicted octanol–water partition coefficient (Wildman–Crippen LogP) is 13.9. The number of hydrogen-bond acceptors (Lipinski definition) is 7. The molecule has 0 fully saturated rings. The summed E-state index contributed by atoms with van der Waals surface area (Å²) in [5.74, 6) is 0.00259. The highest BCUT2D eigenvalue weighted by Gasteiger charge is 2.23. The molecule has 0 heterocycles. The van der Waals surface area contributed by atoms with Crippen LogP contribution in [0.1, 0.15) is 240 Å². The van der Waals surface area contributed by atoms with Crippen LogP contribution in [0, 0.1) is 0 Å². The Kier molecular flexibility index (Phi) is 42.7. The number of unbranched alkanes of at least 4 members (excludes halogenated alkanes) is 25. The van der Waals surface area contributed by atoms with Gasteiger partial charge in [-0.1, -0.05) is 162 Å². The number of nitrogens with zero attached hydrogens (tertiary/aromatic N) is 1. The van der Waals surface area contributed by atoms with Gasteiger partial charge in [-0.2, -0.15) is 0 Å². The van der Waals surface area contributed by atoms with Crippen LogP contribution in [-0.4, -0.2) is 68.1 Å². The minimum Gasteiger partial charge on any atom is -0.462 e. The molecule has 1 unspecified atom stereocenters. The van der Waals surface area contributed by atoms with Crippen molar-refractivity contribution in [3.05, 3.63) is 0 Å². The molecule has 0 aliphatic carbocycles. The van der Waals surface area contributed by atoms with Gasteiger partial charge in [0.05, 0.1) is 19.8 Å². The van der Waals surface area contributed by atoms with Crippen molar-refractivity contribution in [1.29, 1.82) is 0 Å². The molecule has 0 aromatic rings. The fourth-order valence-electron chi connectivity index (χ4n) is 7.35. The summed E-state index contributed by atoms with van der Waals surface area (Å²) in [6, 6.07) is 0. The van der Waals surface area contributed by atoms with Crippen LogP contribution in [0.2, 0.25) is 0 Å². The zero-order chi connectivity index (χ0) is 40.3. The summed E-state index contributed by atoms with van der Waals surface area (Å²) in [5.41, 5.74) is 0. The molecule has 2 N–H and O–H groups in total. The summed E-state index contributed by atoms with van der Waals surface area (Å²) in [5, 5.41) is 12.7. The summed E-state index contributed by atoms with van der Waals surface area (Å²) >= 11 is 0. The van der Waals surface area contributed by atoms with E-state index >= 15 is 0 Å². The van der Waals surface area contributed by atoms with Gasteiger partial charge in [-0.05, 0) is 84.2 Å². The topological polar surface area (TPSA) is 97.3 Å². The maximum atomic E-state index is 13.1. The van der Waals surface area contributed by atoms with Crippen molar-refractivity contribution < 1.29 is 28.3 Å². The van der Waals surface area contributed by atoms with E-state index in [1.807, 2.05) is 6.92 Å². The van der Waals surface area contributed by atoms with Crippen molar-refractivity contribution in [2.24, 2.45) is 0 Å². The SMILES string of the molecule is CCCCCCCCCCCCNP(=O)(OCC)OCCCCCN(CCO)CCCCCCCC(=O)OC(CCCCCCCC)CCCCCCCC. The normalized spacial score (nSPS) is 12.9. The van der Waals surface area contributed by atoms with Crippen LogP contribution in [0.25, 0.3) is 0 Å². The first-order chi connectivity index (χ1) is 26.9. The molecule has 0 saturated carbocycles. The average molecular weight is 803 g/mol. The number of esters is 1. The molecule has 0 bridgehead atoms. The zero-order valence-electron chi connectivity index (χ0n) is 37.2. The summed E-state index contributed by atoms with van der Waals surface area (Å²) in [4.78, 5) is 15.1. The van der Waals surface area contributed by atoms with E-state index in [1.54, 1.807) is 0 Å². The highest BCUT2D eigenvalue weighted by atomic mass is 31.2. The number of aliphatic hydroxyl groups excluding tert-OH is 1. The molecule has 1 atom stereocenters. The number of carbonyl (C=O) groups is 1. The van der Waals surface area contributed by atoms with Crippen LogP contribution in [0.4, 0.5) is 0 Å². The van der Waals surface area contributed by atoms with Crippen molar-refractivity contribution in [2.45, 2.75) is 246 Å². The minimum atomic E-state index is -3.25. The number of hydrogen-bond donors (Lipinski definition) is 2. The largest absolute Gasteiger partial charge is 0.462 e. The maximum absolute atomic E-state index is 13.1. The van der Waals surface area contributed by atoms with Gasteiger partial charge in [-0.3, -0.25) is 13.8 Å². The van der Waals surface area contributed by atoms with E-state index in [-0.39, 0.29) is 18.7 Å². The third-order valence-electron chi connectivity index (χ3n) is 10.8. The van der Waals surface area contributed by atoms with E-state index < -0.39 is 7.75 Å². The summed E-state index contributed by atoms with van der Waals surface area (Å²) in [6.07, 6.45) is 39.0. The lowest BCUT2D eigenvalue weighted by molar-refractivity contribution is -0.150. The molecule has 0 spiro atoms. The molecule has 8 nitrogen and oxygen atoms in total. The lowest BCUT2D eigenvalue weighted by Gasteiger charge is -2.21. The minimum absolute atomic E-state index is 0.00259. The van der Waals surface area contributed by atoms with E-state index in [2.05, 4.69) is 30.8 Å². The van der Waals surface area contributed by atoms with Crippen LogP contribution in [0.15, 0.2) is 0 Å². The molecule has 0 aliphatic rings. The van der Waals surface area contributed by atoms with Gasteiger partial charge in [0.2, 0.25) is 0 Å². The molecule has 0 aliphatic heterocycles. The van der Waals surface area contributed by atoms with Gasteiger partial charge in [0.15, 0.2) is 0 Å². The fourth-order valence-corrected chi connectivity index (χ4v) is 8.75. The second kappa shape index (κ2) is 43.1. The van der Waals surface area contributed by atoms with Gasteiger partial charge in [0.1, 0.15) is 6.10 Å². The highest BCUT2D eigenvalue weighted by molar-refractivity contribution is 7.51. The summed E-state index contributed by atoms with van der Waals surface area (Å²) < 4.78 is 30.4. The second-order valence-electron chi connectivity index (χ2n) is 16.2. The zero-order valence-corrected chi connectivity index (χ0v) is 38.1. The quantitative estimate of drug-likeness (QED) is 0.0357. The third kappa shape index (κ3) is 38.8. The average Bonchev–Trinajstić information content (AvgIpc) is 3.17. The van der Waals surface area contributed by atoms with Gasteiger partial charge in [-0.25, -0.2) is 9.65 Å². The molecular formula is C46H95N2O6P. The van der Waals surface area contributed by atoms with Gasteiger partial charge in [-0.15, -0.1) is 0 Å². The molecule has 55 heavy (non-hydrogen) atoms. The first kappa shape index (κ1) is 54.5. The van der Waals surface area contributed by atoms with Gasteiger partial charge in [0.25, 0.3) is 0 Å². The molecule has 0 radical (unpaired) electrons. The second-order valence-corrected chi connectivity index (χ2v) is 18.0. The Balaban J connectivity index is 4.14. The van der Waals surface area contributed by atoms with Crippen LogP contribution in [0.5, 0.6) is 0 Å². The Morgan fingerprint density at radius 1 is 0.545 bits per heavy atom. The van der Waals surface area contributed by atoms with E-state index in [0.717, 1.165) is 90.1 Å². The van der Waals surface area contributed by atoms with Crippen LogP contribution >= 0.6 is 7.75 Å². The van der Waals surface area contributed by atoms with Crippen LogP contribution in [-0.2, 0) is 23.1 Å². The monoisotopic (exact) mass is 803 g/mol. The maximum Gasteiger partial charge on any atom is 0.405 e. The Bertz CT molecular complexity index is 818. The van der Waals surface area contributed by atoms with Crippen LogP contribution in [0.3, 0.4) is 0 Å². The number of rotatable bonds is 46. The van der Waals surface area contributed by atoms with Crippen molar-refractivity contribution >= 4 is 13.7 Å². The predicted molar refractivity (Wildman–Crippen MR) is 236 cm³/mol. The number of carbonyl (C=O) groups excluding carboxylic acids is 1. The van der Waals surface area contributed by atoms with Gasteiger partial charge >= 0.3 is 13.7 Å². The van der Waals surface area contributed by atoms with Crippen molar-refractivity contribution in [2.75, 3.05) is 46.0 Å². The summed E-state index contributed by atoms with van der Waals surface area (Å²) in [6.45, 7) is 12.9. The van der Waals surface area contributed by atoms with Gasteiger partial charge in [0, 0.05) is 19.5 Å². The Labute approximate surface area is 342 Å². The third-order valence-corrected chi connectivity index (χ3v) is 12.6. The molecule has 330 valence electrons. The highest BCUT2D eigenvalue weighted by Crippen LogP contribution is 2.43. The standard InChI is InChI=1S/C46H95N2O6P/c1-5-9-12-15-18-19-20-21-26-32-39-47-55(51,52-8-4)53-44-35-28-34-41-48(42-43-49)40-33-27-22-25-31-38-46(50)54-45(36-29-23-16-13-10-6-2)37-30-24-17-14-11-7-3/h45,49H,5-44H2,1-4H3,(H,47,51). The Morgan fingerprint density at radius 3 is 1.47 bits per heavy atom. The Morgan fingerprint density at radius 2 is 0.982 bits per heavy atom. The van der Waals surface area contributed by atoms with Crippen molar-refractivity contribution in [3.8, 4) is 0 Å². The summed E-state index contributed by atoms with van der Waals surface area (Å²) in [7, 11) is -3.25. The first-order valence-electron chi connectivity index (χ1n) is 24.1. The molecule has 0 amide bonds. The lowest BCUT2D eigenvalue weighted by Crippen LogP contribution is -2.29. The van der Waals surface area contributed by atoms with Crippen molar-refractivity contribution in [3.63, 3.8) is 0 Å². The molecule has 9 heteroatoms. The van der Waals surface area contributed by atoms with E-state index in [0.29, 0.717) is 32.7 Å². The molecule has 0 aromatic carbocycles. The lowest BCUT2D eigenvalue weighted by atomic mass is 10.0. The first-order valence-corrected chi connectivity index (χ1v) is 25.7. The fraction of sp³-hybridized carbons (Fsp3) is 0.978. The van der Waals surface area contributed by atoms with E-state index in [1.165, 1.54) is 128 Å². The molecule has 0 aromatic heterocycles. The molecule has 0 saturated heterocycles. The van der Waals surface area contributed by atoms with Crippen LogP contribution < -0.4 is 5.09 Å². The number of nitrogens with one attached hydrogen (secondary N) is 1. The number of aliphatic hydroxyl groups is 1. The molecular weight excluding hydrogens is 707 g/mol. The van der Waals surface area contributed by atoms with Crippen molar-refractivity contribution in [1.82, 2.24) is 9.99 Å². The number of ether oxygens (including phenoxy) is 1. The smallest absolute Gasteiger partial charge is 0.405 e. The van der Waals surface area contributed by atoms with E-state index in [4.69, 9.17) is 13.8 Å².